The zero-order valence-corrected chi connectivity index (χ0v) is 14.4. The van der Waals surface area contributed by atoms with Gasteiger partial charge in [0, 0.05) is 6.07 Å². The van der Waals surface area contributed by atoms with Crippen LogP contribution in [0.15, 0.2) is 21.8 Å². The Morgan fingerprint density at radius 1 is 1.29 bits per heavy atom. The van der Waals surface area contributed by atoms with E-state index in [4.69, 9.17) is 4.74 Å². The number of nitrogens with one attached hydrogen (secondary N) is 2. The van der Waals surface area contributed by atoms with Crippen molar-refractivity contribution in [2.45, 2.75) is 37.8 Å². The third-order valence-electron chi connectivity index (χ3n) is 3.96. The minimum Gasteiger partial charge on any atom is -0.377 e. The van der Waals surface area contributed by atoms with Crippen molar-refractivity contribution in [1.82, 2.24) is 24.7 Å². The molecule has 0 bridgehead atoms. The average molecular weight is 353 g/mol. The maximum Gasteiger partial charge on any atom is 0.267 e. The number of aromatic nitrogens is 4. The Balaban J connectivity index is 1.92. The van der Waals surface area contributed by atoms with Crippen LogP contribution in [-0.4, -0.2) is 47.7 Å². The number of H-pyrrole nitrogens is 1. The van der Waals surface area contributed by atoms with Crippen molar-refractivity contribution in [3.63, 3.8) is 0 Å². The topological polar surface area (TPSA) is 119 Å². The Morgan fingerprint density at radius 3 is 2.71 bits per heavy atom. The molecule has 0 saturated carbocycles. The van der Waals surface area contributed by atoms with Gasteiger partial charge in [-0.05, 0) is 26.8 Å². The van der Waals surface area contributed by atoms with E-state index in [1.165, 1.54) is 10.7 Å². The van der Waals surface area contributed by atoms with Crippen molar-refractivity contribution >= 4 is 10.0 Å². The molecular weight excluding hydrogens is 334 g/mol. The molecule has 0 amide bonds. The monoisotopic (exact) mass is 353 g/mol. The lowest BCUT2D eigenvalue weighted by Gasteiger charge is -2.20. The maximum absolute atomic E-state index is 12.7. The minimum atomic E-state index is -3.79. The molecule has 0 radical (unpaired) electrons. The molecule has 24 heavy (non-hydrogen) atoms. The van der Waals surface area contributed by atoms with Crippen LogP contribution in [0.2, 0.25) is 0 Å². The van der Waals surface area contributed by atoms with E-state index < -0.39 is 22.1 Å². The molecule has 0 spiro atoms. The molecule has 2 unspecified atom stereocenters. The fraction of sp³-hybridized carbons (Fsp3) is 0.500. The molecular formula is C14H19N5O4S. The van der Waals surface area contributed by atoms with Crippen LogP contribution in [0.1, 0.15) is 23.1 Å². The molecule has 3 rings (SSSR count). The lowest BCUT2D eigenvalue weighted by Crippen LogP contribution is -2.44. The predicted octanol–water partition coefficient (Wildman–Crippen LogP) is -0.190. The molecule has 130 valence electrons. The van der Waals surface area contributed by atoms with E-state index in [9.17, 15) is 13.2 Å². The van der Waals surface area contributed by atoms with E-state index in [2.05, 4.69) is 20.0 Å². The first-order valence-electron chi connectivity index (χ1n) is 7.47. The van der Waals surface area contributed by atoms with E-state index >= 15 is 0 Å². The molecule has 9 nitrogen and oxygen atoms in total. The fourth-order valence-electron chi connectivity index (χ4n) is 2.85. The molecule has 0 aliphatic carbocycles. The quantitative estimate of drug-likeness (QED) is 0.786. The lowest BCUT2D eigenvalue weighted by atomic mass is 10.2. The van der Waals surface area contributed by atoms with Gasteiger partial charge in [-0.1, -0.05) is 0 Å². The van der Waals surface area contributed by atoms with Crippen LogP contribution in [0.3, 0.4) is 0 Å². The highest BCUT2D eigenvalue weighted by atomic mass is 32.2. The Labute approximate surface area is 139 Å². The molecule has 2 atom stereocenters. The maximum atomic E-state index is 12.7. The molecule has 0 aromatic carbocycles. The van der Waals surface area contributed by atoms with Gasteiger partial charge in [0.05, 0.1) is 42.4 Å². The Hall–Kier alpha value is -2.04. The summed E-state index contributed by atoms with van der Waals surface area (Å²) in [7, 11) is -3.79. The second-order valence-electron chi connectivity index (χ2n) is 5.85. The fourth-order valence-corrected chi connectivity index (χ4v) is 4.47. The summed E-state index contributed by atoms with van der Waals surface area (Å²) in [6.45, 7) is 5.41. The summed E-state index contributed by atoms with van der Waals surface area (Å²) in [4.78, 5) is 12.2. The molecule has 3 heterocycles. The smallest absolute Gasteiger partial charge is 0.267 e. The van der Waals surface area contributed by atoms with Gasteiger partial charge in [-0.2, -0.15) is 10.2 Å². The normalized spacial score (nSPS) is 21.3. The number of hydrogen-bond donors (Lipinski definition) is 2. The van der Waals surface area contributed by atoms with Gasteiger partial charge < -0.3 is 4.74 Å². The van der Waals surface area contributed by atoms with E-state index in [0.29, 0.717) is 17.1 Å². The average Bonchev–Trinajstić information content (AvgIpc) is 3.08. The highest BCUT2D eigenvalue weighted by Gasteiger charge is 2.36. The van der Waals surface area contributed by atoms with Gasteiger partial charge in [0.1, 0.15) is 4.90 Å². The van der Waals surface area contributed by atoms with Crippen molar-refractivity contribution < 1.29 is 13.2 Å². The summed E-state index contributed by atoms with van der Waals surface area (Å²) in [6.07, 6.45) is 0. The third kappa shape index (κ3) is 2.99. The highest BCUT2D eigenvalue weighted by molar-refractivity contribution is 7.89. The molecule has 2 N–H and O–H groups in total. The summed E-state index contributed by atoms with van der Waals surface area (Å²) in [6, 6.07) is 1.94. The van der Waals surface area contributed by atoms with Crippen molar-refractivity contribution in [3.05, 3.63) is 39.6 Å². The minimum absolute atomic E-state index is 0.123. The van der Waals surface area contributed by atoms with Gasteiger partial charge in [0.15, 0.2) is 0 Å². The third-order valence-corrected chi connectivity index (χ3v) is 5.71. The highest BCUT2D eigenvalue weighted by Crippen LogP contribution is 2.22. The molecule has 2 aromatic heterocycles. The molecule has 1 aliphatic heterocycles. The van der Waals surface area contributed by atoms with Crippen molar-refractivity contribution in [2.24, 2.45) is 0 Å². The van der Waals surface area contributed by atoms with Crippen molar-refractivity contribution in [2.75, 3.05) is 13.2 Å². The zero-order valence-electron chi connectivity index (χ0n) is 13.6. The summed E-state index contributed by atoms with van der Waals surface area (Å²) < 4.78 is 34.7. The first-order chi connectivity index (χ1) is 11.3. The summed E-state index contributed by atoms with van der Waals surface area (Å²) in [5.41, 5.74) is 1.23. The molecule has 2 aromatic rings. The van der Waals surface area contributed by atoms with Crippen LogP contribution >= 0.6 is 0 Å². The molecule has 1 aliphatic rings. The van der Waals surface area contributed by atoms with Gasteiger partial charge >= 0.3 is 0 Å². The second-order valence-corrected chi connectivity index (χ2v) is 7.50. The van der Waals surface area contributed by atoms with Gasteiger partial charge in [0.2, 0.25) is 10.0 Å². The zero-order chi connectivity index (χ0) is 17.5. The van der Waals surface area contributed by atoms with Gasteiger partial charge in [-0.25, -0.2) is 17.8 Å². The van der Waals surface area contributed by atoms with E-state index in [1.807, 2.05) is 0 Å². The number of rotatable bonds is 4. The number of hydrogen-bond acceptors (Lipinski definition) is 6. The van der Waals surface area contributed by atoms with E-state index in [-0.39, 0.29) is 23.7 Å². The van der Waals surface area contributed by atoms with Crippen LogP contribution in [0.5, 0.6) is 0 Å². The lowest BCUT2D eigenvalue weighted by molar-refractivity contribution is 0.181. The summed E-state index contributed by atoms with van der Waals surface area (Å²) in [5.74, 6) is 0. The standard InChI is InChI=1S/C14H19N5O4S/c1-8-4-5-13(20)19(17-8)12-7-23-6-11(12)18-24(21,22)14-9(2)15-16-10(14)3/h4-5,11-12,18H,6-7H2,1-3H3,(H,15,16). The van der Waals surface area contributed by atoms with Crippen LogP contribution in [-0.2, 0) is 14.8 Å². The molecule has 10 heteroatoms. The SMILES string of the molecule is Cc1ccc(=O)n(C2COCC2NS(=O)(=O)c2c(C)n[nH]c2C)n1. The van der Waals surface area contributed by atoms with Crippen LogP contribution in [0.25, 0.3) is 0 Å². The summed E-state index contributed by atoms with van der Waals surface area (Å²) >= 11 is 0. The number of nitrogens with zero attached hydrogens (tertiary/aromatic N) is 3. The summed E-state index contributed by atoms with van der Waals surface area (Å²) in [5, 5.41) is 10.8. The van der Waals surface area contributed by atoms with Crippen molar-refractivity contribution in [1.29, 1.82) is 0 Å². The number of ether oxygens (including phenoxy) is 1. The molecule has 1 fully saturated rings. The van der Waals surface area contributed by atoms with Gasteiger partial charge in [-0.3, -0.25) is 9.89 Å². The van der Waals surface area contributed by atoms with E-state index in [0.717, 1.165) is 0 Å². The molecule has 1 saturated heterocycles. The van der Waals surface area contributed by atoms with Gasteiger partial charge in [-0.15, -0.1) is 0 Å². The second kappa shape index (κ2) is 6.11. The first-order valence-corrected chi connectivity index (χ1v) is 8.96. The Kier molecular flexibility index (Phi) is 4.28. The van der Waals surface area contributed by atoms with Crippen LogP contribution < -0.4 is 10.3 Å². The number of aryl methyl sites for hydroxylation is 3. The number of aromatic amines is 1. The number of sulfonamides is 1. The van der Waals surface area contributed by atoms with Gasteiger partial charge in [0.25, 0.3) is 5.56 Å². The predicted molar refractivity (Wildman–Crippen MR) is 85.3 cm³/mol. The Morgan fingerprint density at radius 2 is 2.04 bits per heavy atom. The van der Waals surface area contributed by atoms with Crippen molar-refractivity contribution in [3.8, 4) is 0 Å². The van der Waals surface area contributed by atoms with Crippen LogP contribution in [0, 0.1) is 20.8 Å². The Bertz CT molecular complexity index is 898. The van der Waals surface area contributed by atoms with E-state index in [1.54, 1.807) is 26.8 Å². The first kappa shape index (κ1) is 16.8. The largest absolute Gasteiger partial charge is 0.377 e. The van der Waals surface area contributed by atoms with Crippen LogP contribution in [0.4, 0.5) is 0 Å².